The van der Waals surface area contributed by atoms with Crippen LogP contribution in [-0.2, 0) is 16.1 Å². The highest BCUT2D eigenvalue weighted by molar-refractivity contribution is 6.04. The molecule has 1 aromatic carbocycles. The van der Waals surface area contributed by atoms with Gasteiger partial charge in [0.2, 0.25) is 5.91 Å². The van der Waals surface area contributed by atoms with Crippen LogP contribution in [0.4, 0.5) is 10.5 Å². The summed E-state index contributed by atoms with van der Waals surface area (Å²) in [5.74, 6) is -0.764. The van der Waals surface area contributed by atoms with Crippen molar-refractivity contribution >= 4 is 23.6 Å². The SMILES string of the molecule is CCOC(=O)NCCNc1ccccc1-c1ncc(C(=O)N(Cc2cccnc2C)C(C)=O)cc1C. The fourth-order valence-electron chi connectivity index (χ4n) is 3.70. The van der Waals surface area contributed by atoms with Gasteiger partial charge in [0.1, 0.15) is 0 Å². The lowest BCUT2D eigenvalue weighted by Crippen LogP contribution is -2.35. The Morgan fingerprint density at radius 1 is 1.03 bits per heavy atom. The maximum atomic E-state index is 13.2. The lowest BCUT2D eigenvalue weighted by molar-refractivity contribution is -0.126. The monoisotopic (exact) mass is 489 g/mol. The number of nitrogens with zero attached hydrogens (tertiary/aromatic N) is 3. The molecule has 9 nitrogen and oxygen atoms in total. The van der Waals surface area contributed by atoms with Gasteiger partial charge in [-0.2, -0.15) is 0 Å². The van der Waals surface area contributed by atoms with Crippen LogP contribution in [0.2, 0.25) is 0 Å². The minimum Gasteiger partial charge on any atom is -0.450 e. The molecule has 0 bridgehead atoms. The number of aromatic nitrogens is 2. The maximum absolute atomic E-state index is 13.2. The summed E-state index contributed by atoms with van der Waals surface area (Å²) in [6, 6.07) is 13.1. The molecule has 0 aliphatic rings. The zero-order valence-corrected chi connectivity index (χ0v) is 21.0. The number of benzene rings is 1. The van der Waals surface area contributed by atoms with E-state index in [2.05, 4.69) is 20.6 Å². The Hall–Kier alpha value is -4.27. The van der Waals surface area contributed by atoms with Crippen LogP contribution in [0.5, 0.6) is 0 Å². The molecular formula is C27H31N5O4. The number of ether oxygens (including phenoxy) is 1. The van der Waals surface area contributed by atoms with E-state index in [9.17, 15) is 14.4 Å². The highest BCUT2D eigenvalue weighted by atomic mass is 16.5. The molecule has 0 aliphatic carbocycles. The van der Waals surface area contributed by atoms with Gasteiger partial charge in [-0.05, 0) is 50.1 Å². The molecule has 0 fully saturated rings. The van der Waals surface area contributed by atoms with Crippen LogP contribution in [-0.4, -0.2) is 52.5 Å². The van der Waals surface area contributed by atoms with Crippen molar-refractivity contribution in [3.8, 4) is 11.3 Å². The minimum absolute atomic E-state index is 0.140. The predicted molar refractivity (Wildman–Crippen MR) is 137 cm³/mol. The third kappa shape index (κ3) is 6.65. The number of rotatable bonds is 9. The smallest absolute Gasteiger partial charge is 0.407 e. The van der Waals surface area contributed by atoms with Crippen molar-refractivity contribution in [2.75, 3.05) is 25.0 Å². The molecule has 0 saturated carbocycles. The van der Waals surface area contributed by atoms with Gasteiger partial charge in [0.05, 0.1) is 24.4 Å². The van der Waals surface area contributed by atoms with Crippen LogP contribution in [0.1, 0.15) is 41.0 Å². The Bertz CT molecular complexity index is 1240. The van der Waals surface area contributed by atoms with E-state index in [0.717, 1.165) is 28.1 Å². The Kier molecular flexibility index (Phi) is 9.10. The van der Waals surface area contributed by atoms with E-state index in [1.807, 2.05) is 44.2 Å². The lowest BCUT2D eigenvalue weighted by atomic mass is 10.0. The Balaban J connectivity index is 1.77. The van der Waals surface area contributed by atoms with Crippen LogP contribution >= 0.6 is 0 Å². The van der Waals surface area contributed by atoms with Gasteiger partial charge in [0.25, 0.3) is 5.91 Å². The summed E-state index contributed by atoms with van der Waals surface area (Å²) in [7, 11) is 0. The van der Waals surface area contributed by atoms with E-state index >= 15 is 0 Å². The minimum atomic E-state index is -0.455. The number of carbonyl (C=O) groups excluding carboxylic acids is 3. The first kappa shape index (κ1) is 26.3. The number of pyridine rings is 2. The third-order valence-corrected chi connectivity index (χ3v) is 5.56. The van der Waals surface area contributed by atoms with Crippen molar-refractivity contribution < 1.29 is 19.1 Å². The van der Waals surface area contributed by atoms with Gasteiger partial charge >= 0.3 is 6.09 Å². The molecule has 0 aliphatic heterocycles. The molecule has 0 unspecified atom stereocenters. The number of para-hydroxylation sites is 1. The Morgan fingerprint density at radius 2 is 1.81 bits per heavy atom. The lowest BCUT2D eigenvalue weighted by Gasteiger charge is -2.20. The molecular weight excluding hydrogens is 458 g/mol. The van der Waals surface area contributed by atoms with Gasteiger partial charge in [0, 0.05) is 49.4 Å². The Morgan fingerprint density at radius 3 is 2.50 bits per heavy atom. The van der Waals surface area contributed by atoms with E-state index in [0.29, 0.717) is 31.0 Å². The molecule has 36 heavy (non-hydrogen) atoms. The fraction of sp³-hybridized carbons (Fsp3) is 0.296. The zero-order valence-electron chi connectivity index (χ0n) is 21.0. The van der Waals surface area contributed by atoms with Crippen molar-refractivity contribution in [1.82, 2.24) is 20.2 Å². The van der Waals surface area contributed by atoms with Gasteiger partial charge < -0.3 is 15.4 Å². The van der Waals surface area contributed by atoms with Crippen LogP contribution in [0.25, 0.3) is 11.3 Å². The summed E-state index contributed by atoms with van der Waals surface area (Å²) in [6.07, 6.45) is 2.72. The molecule has 2 N–H and O–H groups in total. The van der Waals surface area contributed by atoms with Gasteiger partial charge in [0.15, 0.2) is 0 Å². The van der Waals surface area contributed by atoms with E-state index in [-0.39, 0.29) is 12.5 Å². The second kappa shape index (κ2) is 12.4. The number of carbonyl (C=O) groups is 3. The molecule has 0 spiro atoms. The quantitative estimate of drug-likeness (QED) is 0.435. The van der Waals surface area contributed by atoms with E-state index in [1.54, 1.807) is 25.3 Å². The predicted octanol–water partition coefficient (Wildman–Crippen LogP) is 4.11. The highest BCUT2D eigenvalue weighted by Crippen LogP contribution is 2.29. The number of alkyl carbamates (subject to hydrolysis) is 1. The fourth-order valence-corrected chi connectivity index (χ4v) is 3.70. The van der Waals surface area contributed by atoms with Crippen LogP contribution in [0.15, 0.2) is 54.9 Å². The number of imide groups is 1. The van der Waals surface area contributed by atoms with Crippen LogP contribution in [0.3, 0.4) is 0 Å². The molecule has 0 atom stereocenters. The van der Waals surface area contributed by atoms with Crippen molar-refractivity contribution in [3.63, 3.8) is 0 Å². The van der Waals surface area contributed by atoms with Crippen molar-refractivity contribution in [1.29, 1.82) is 0 Å². The zero-order chi connectivity index (χ0) is 26.1. The van der Waals surface area contributed by atoms with Gasteiger partial charge in [-0.3, -0.25) is 24.5 Å². The number of aryl methyl sites for hydroxylation is 2. The molecule has 188 valence electrons. The van der Waals surface area contributed by atoms with Gasteiger partial charge in [-0.1, -0.05) is 24.3 Å². The highest BCUT2D eigenvalue weighted by Gasteiger charge is 2.22. The summed E-state index contributed by atoms with van der Waals surface area (Å²) in [4.78, 5) is 47.0. The number of hydrogen-bond donors (Lipinski definition) is 2. The molecule has 2 aromatic heterocycles. The first-order valence-corrected chi connectivity index (χ1v) is 11.7. The van der Waals surface area contributed by atoms with Crippen molar-refractivity contribution in [2.45, 2.75) is 34.2 Å². The number of amides is 3. The van der Waals surface area contributed by atoms with E-state index in [4.69, 9.17) is 4.74 Å². The molecule has 3 aromatic rings. The first-order chi connectivity index (χ1) is 17.3. The summed E-state index contributed by atoms with van der Waals surface area (Å²) >= 11 is 0. The summed E-state index contributed by atoms with van der Waals surface area (Å²) in [5, 5.41) is 5.98. The van der Waals surface area contributed by atoms with Crippen molar-refractivity contribution in [2.24, 2.45) is 0 Å². The van der Waals surface area contributed by atoms with Crippen LogP contribution in [0, 0.1) is 13.8 Å². The van der Waals surface area contributed by atoms with Gasteiger partial charge in [-0.15, -0.1) is 0 Å². The van der Waals surface area contributed by atoms with Gasteiger partial charge in [-0.25, -0.2) is 4.79 Å². The topological polar surface area (TPSA) is 114 Å². The van der Waals surface area contributed by atoms with Crippen LogP contribution < -0.4 is 10.6 Å². The number of nitrogens with one attached hydrogen (secondary N) is 2. The largest absolute Gasteiger partial charge is 0.450 e. The maximum Gasteiger partial charge on any atom is 0.407 e. The number of hydrogen-bond acceptors (Lipinski definition) is 7. The Labute approximate surface area is 210 Å². The summed E-state index contributed by atoms with van der Waals surface area (Å²) in [6.45, 7) is 8.19. The first-order valence-electron chi connectivity index (χ1n) is 11.7. The van der Waals surface area contributed by atoms with E-state index in [1.165, 1.54) is 18.0 Å². The summed E-state index contributed by atoms with van der Waals surface area (Å²) < 4.78 is 4.86. The molecule has 9 heteroatoms. The second-order valence-corrected chi connectivity index (χ2v) is 8.17. The average Bonchev–Trinajstić information content (AvgIpc) is 2.86. The molecule has 2 heterocycles. The van der Waals surface area contributed by atoms with Crippen molar-refractivity contribution in [3.05, 3.63) is 77.2 Å². The third-order valence-electron chi connectivity index (χ3n) is 5.56. The average molecular weight is 490 g/mol. The molecule has 3 rings (SSSR count). The second-order valence-electron chi connectivity index (χ2n) is 8.17. The summed E-state index contributed by atoms with van der Waals surface area (Å²) in [5.41, 5.74) is 5.11. The standard InChI is InChI=1S/C27H31N5O4/c1-5-36-27(35)30-14-13-29-24-11-7-6-10-23(24)25-18(2)15-22(16-31-25)26(34)32(20(4)33)17-21-9-8-12-28-19(21)3/h6-12,15-16,29H,5,13-14,17H2,1-4H3,(H,30,35). The van der Waals surface area contributed by atoms with E-state index < -0.39 is 12.0 Å². The molecule has 0 saturated heterocycles. The normalized spacial score (nSPS) is 10.4. The molecule has 3 amide bonds. The molecule has 0 radical (unpaired) electrons. The number of anilines is 1.